The molecule has 1 aromatic carbocycles. The lowest BCUT2D eigenvalue weighted by Gasteiger charge is -2.14. The fourth-order valence-electron chi connectivity index (χ4n) is 1.12. The summed E-state index contributed by atoms with van der Waals surface area (Å²) in [6, 6.07) is 5.25. The lowest BCUT2D eigenvalue weighted by atomic mass is 10.1. The van der Waals surface area contributed by atoms with Gasteiger partial charge < -0.3 is 16.3 Å². The van der Waals surface area contributed by atoms with E-state index in [1.807, 2.05) is 6.92 Å². The molecule has 1 atom stereocenters. The molecule has 16 heavy (non-hydrogen) atoms. The second-order valence-electron chi connectivity index (χ2n) is 3.40. The molecule has 0 spiro atoms. The van der Waals surface area contributed by atoms with Crippen LogP contribution in [-0.2, 0) is 0 Å². The summed E-state index contributed by atoms with van der Waals surface area (Å²) >= 11 is 11.9. The number of amidine groups is 1. The predicted molar refractivity (Wildman–Crippen MR) is 67.5 cm³/mol. The largest absolute Gasteiger partial charge is 0.409 e. The Bertz CT molecular complexity index is 375. The average Bonchev–Trinajstić information content (AvgIpc) is 2.27. The van der Waals surface area contributed by atoms with Crippen molar-refractivity contribution in [3.05, 3.63) is 28.2 Å². The highest BCUT2D eigenvalue weighted by Crippen LogP contribution is 2.29. The molecule has 0 fully saturated rings. The van der Waals surface area contributed by atoms with E-state index in [-0.39, 0.29) is 11.8 Å². The topological polar surface area (TPSA) is 70.6 Å². The highest BCUT2D eigenvalue weighted by molar-refractivity contribution is 6.39. The first-order valence-corrected chi connectivity index (χ1v) is 5.47. The Morgan fingerprint density at radius 1 is 1.50 bits per heavy atom. The van der Waals surface area contributed by atoms with Gasteiger partial charge in [0.2, 0.25) is 0 Å². The SMILES string of the molecule is CC(CNc1c(Cl)cccc1Cl)C(N)=NO. The number of benzene rings is 1. The fraction of sp³-hybridized carbons (Fsp3) is 0.300. The summed E-state index contributed by atoms with van der Waals surface area (Å²) in [5, 5.41) is 15.6. The Morgan fingerprint density at radius 2 is 2.06 bits per heavy atom. The zero-order valence-electron chi connectivity index (χ0n) is 8.74. The molecule has 0 bridgehead atoms. The van der Waals surface area contributed by atoms with Crippen LogP contribution in [-0.4, -0.2) is 17.6 Å². The predicted octanol–water partition coefficient (Wildman–Crippen LogP) is 2.79. The average molecular weight is 262 g/mol. The summed E-state index contributed by atoms with van der Waals surface area (Å²) < 4.78 is 0. The summed E-state index contributed by atoms with van der Waals surface area (Å²) in [6.45, 7) is 2.31. The minimum Gasteiger partial charge on any atom is -0.409 e. The molecule has 1 aromatic rings. The molecule has 0 aromatic heterocycles. The van der Waals surface area contributed by atoms with Crippen LogP contribution in [0.5, 0.6) is 0 Å². The molecule has 1 rings (SSSR count). The van der Waals surface area contributed by atoms with Crippen LogP contribution in [0, 0.1) is 5.92 Å². The molecule has 0 amide bonds. The van der Waals surface area contributed by atoms with Crippen molar-refractivity contribution in [3.63, 3.8) is 0 Å². The lowest BCUT2D eigenvalue weighted by Crippen LogP contribution is -2.27. The molecule has 0 aliphatic heterocycles. The fourth-order valence-corrected chi connectivity index (χ4v) is 1.66. The van der Waals surface area contributed by atoms with Crippen molar-refractivity contribution in [2.45, 2.75) is 6.92 Å². The number of rotatable bonds is 4. The number of nitrogens with one attached hydrogen (secondary N) is 1. The van der Waals surface area contributed by atoms with Crippen molar-refractivity contribution in [2.24, 2.45) is 16.8 Å². The molecule has 0 saturated heterocycles. The number of hydrogen-bond acceptors (Lipinski definition) is 3. The maximum Gasteiger partial charge on any atom is 0.143 e. The summed E-state index contributed by atoms with van der Waals surface area (Å²) in [6.07, 6.45) is 0. The normalized spacial score (nSPS) is 13.6. The van der Waals surface area contributed by atoms with Crippen LogP contribution in [0.25, 0.3) is 0 Å². The molecular formula is C10H13Cl2N3O. The van der Waals surface area contributed by atoms with Crippen LogP contribution < -0.4 is 11.1 Å². The van der Waals surface area contributed by atoms with E-state index in [0.29, 0.717) is 22.3 Å². The van der Waals surface area contributed by atoms with E-state index in [2.05, 4.69) is 10.5 Å². The number of nitrogens with zero attached hydrogens (tertiary/aromatic N) is 1. The third-order valence-corrected chi connectivity index (χ3v) is 2.80. The maximum absolute atomic E-state index is 8.49. The number of anilines is 1. The van der Waals surface area contributed by atoms with E-state index in [1.54, 1.807) is 18.2 Å². The van der Waals surface area contributed by atoms with Crippen LogP contribution in [0.2, 0.25) is 10.0 Å². The quantitative estimate of drug-likeness (QED) is 0.338. The monoisotopic (exact) mass is 261 g/mol. The van der Waals surface area contributed by atoms with Gasteiger partial charge in [-0.3, -0.25) is 0 Å². The van der Waals surface area contributed by atoms with E-state index in [1.165, 1.54) is 0 Å². The minimum absolute atomic E-state index is 0.114. The Labute approximate surface area is 104 Å². The Hall–Kier alpha value is -1.13. The highest BCUT2D eigenvalue weighted by atomic mass is 35.5. The third kappa shape index (κ3) is 3.18. The number of halogens is 2. The molecule has 1 unspecified atom stereocenters. The number of nitrogens with two attached hydrogens (primary N) is 1. The van der Waals surface area contributed by atoms with Crippen molar-refractivity contribution in [2.75, 3.05) is 11.9 Å². The molecule has 6 heteroatoms. The van der Waals surface area contributed by atoms with Gasteiger partial charge in [0.1, 0.15) is 5.84 Å². The number of oxime groups is 1. The van der Waals surface area contributed by atoms with Gasteiger partial charge in [0.05, 0.1) is 15.7 Å². The maximum atomic E-state index is 8.49. The summed E-state index contributed by atoms with van der Waals surface area (Å²) in [5.74, 6) is 0.0491. The van der Waals surface area contributed by atoms with E-state index in [4.69, 9.17) is 34.1 Å². The first kappa shape index (κ1) is 12.9. The number of para-hydroxylation sites is 1. The molecule has 88 valence electrons. The zero-order valence-corrected chi connectivity index (χ0v) is 10.3. The van der Waals surface area contributed by atoms with Crippen LogP contribution in [0.3, 0.4) is 0 Å². The van der Waals surface area contributed by atoms with Crippen molar-refractivity contribution in [1.29, 1.82) is 0 Å². The van der Waals surface area contributed by atoms with Gasteiger partial charge in [0.25, 0.3) is 0 Å². The zero-order chi connectivity index (χ0) is 12.1. The van der Waals surface area contributed by atoms with Gasteiger partial charge in [0, 0.05) is 12.5 Å². The van der Waals surface area contributed by atoms with Crippen molar-refractivity contribution < 1.29 is 5.21 Å². The minimum atomic E-state index is -0.114. The standard InChI is InChI=1S/C10H13Cl2N3O/c1-6(10(13)15-16)5-14-9-7(11)3-2-4-8(9)12/h2-4,6,14,16H,5H2,1H3,(H2,13,15). The van der Waals surface area contributed by atoms with Gasteiger partial charge in [-0.05, 0) is 12.1 Å². The van der Waals surface area contributed by atoms with Crippen molar-refractivity contribution in [3.8, 4) is 0 Å². The smallest absolute Gasteiger partial charge is 0.143 e. The van der Waals surface area contributed by atoms with Crippen molar-refractivity contribution in [1.82, 2.24) is 0 Å². The number of hydrogen-bond donors (Lipinski definition) is 3. The third-order valence-electron chi connectivity index (χ3n) is 2.17. The summed E-state index contributed by atoms with van der Waals surface area (Å²) in [7, 11) is 0. The van der Waals surface area contributed by atoms with Crippen molar-refractivity contribution >= 4 is 34.7 Å². The van der Waals surface area contributed by atoms with Gasteiger partial charge in [0.15, 0.2) is 0 Å². The van der Waals surface area contributed by atoms with Gasteiger partial charge >= 0.3 is 0 Å². The van der Waals surface area contributed by atoms with E-state index in [0.717, 1.165) is 0 Å². The molecule has 0 heterocycles. The Kier molecular flexibility index (Phi) is 4.71. The first-order chi connectivity index (χ1) is 7.56. The van der Waals surface area contributed by atoms with Crippen LogP contribution >= 0.6 is 23.2 Å². The van der Waals surface area contributed by atoms with Crippen LogP contribution in [0.4, 0.5) is 5.69 Å². The van der Waals surface area contributed by atoms with Crippen LogP contribution in [0.1, 0.15) is 6.92 Å². The summed E-state index contributed by atoms with van der Waals surface area (Å²) in [4.78, 5) is 0. The van der Waals surface area contributed by atoms with Gasteiger partial charge in [-0.15, -0.1) is 0 Å². The van der Waals surface area contributed by atoms with Gasteiger partial charge in [-0.25, -0.2) is 0 Å². The van der Waals surface area contributed by atoms with Gasteiger partial charge in [-0.1, -0.05) is 41.3 Å². The van der Waals surface area contributed by atoms with E-state index < -0.39 is 0 Å². The second-order valence-corrected chi connectivity index (χ2v) is 4.22. The molecule has 4 nitrogen and oxygen atoms in total. The molecule has 0 radical (unpaired) electrons. The summed E-state index contributed by atoms with van der Waals surface area (Å²) in [5.41, 5.74) is 6.11. The first-order valence-electron chi connectivity index (χ1n) is 4.71. The molecule has 0 aliphatic carbocycles. The molecule has 4 N–H and O–H groups in total. The lowest BCUT2D eigenvalue weighted by molar-refractivity contribution is 0.315. The Morgan fingerprint density at radius 3 is 2.56 bits per heavy atom. The van der Waals surface area contributed by atoms with Crippen LogP contribution in [0.15, 0.2) is 23.4 Å². The second kappa shape index (κ2) is 5.82. The van der Waals surface area contributed by atoms with Gasteiger partial charge in [-0.2, -0.15) is 0 Å². The molecule has 0 aliphatic rings. The molecule has 0 saturated carbocycles. The molecular weight excluding hydrogens is 249 g/mol. The van der Waals surface area contributed by atoms with E-state index in [9.17, 15) is 0 Å². The Balaban J connectivity index is 2.68. The van der Waals surface area contributed by atoms with E-state index >= 15 is 0 Å². The highest BCUT2D eigenvalue weighted by Gasteiger charge is 2.10.